The summed E-state index contributed by atoms with van der Waals surface area (Å²) in [6, 6.07) is 7.47. The molecule has 4 rings (SSSR count). The SMILES string of the molecule is O=C(c1cnco1)N1CCCC[C@@H]1c1ncc(Cc2cccc(Cl)c2)o1. The predicted octanol–water partition coefficient (Wildman–Crippen LogP) is 4.27. The van der Waals surface area contributed by atoms with Crippen LogP contribution in [0, 0.1) is 0 Å². The molecule has 1 fully saturated rings. The van der Waals surface area contributed by atoms with Gasteiger partial charge in [-0.25, -0.2) is 9.97 Å². The molecule has 134 valence electrons. The molecular formula is C19H18ClN3O3. The number of rotatable bonds is 4. The molecule has 1 aliphatic rings. The van der Waals surface area contributed by atoms with E-state index in [9.17, 15) is 4.79 Å². The van der Waals surface area contributed by atoms with Gasteiger partial charge in [-0.05, 0) is 37.0 Å². The lowest BCUT2D eigenvalue weighted by Crippen LogP contribution is -2.38. The summed E-state index contributed by atoms with van der Waals surface area (Å²) >= 11 is 6.04. The fourth-order valence-corrected chi connectivity index (χ4v) is 3.51. The zero-order valence-electron chi connectivity index (χ0n) is 14.1. The highest BCUT2D eigenvalue weighted by atomic mass is 35.5. The van der Waals surface area contributed by atoms with Crippen LogP contribution >= 0.6 is 11.6 Å². The van der Waals surface area contributed by atoms with E-state index in [1.165, 1.54) is 12.6 Å². The Labute approximate surface area is 155 Å². The first-order chi connectivity index (χ1) is 12.7. The molecule has 1 saturated heterocycles. The van der Waals surface area contributed by atoms with Gasteiger partial charge < -0.3 is 13.7 Å². The van der Waals surface area contributed by atoms with Crippen LogP contribution in [0.1, 0.15) is 53.1 Å². The Morgan fingerprint density at radius 3 is 3.04 bits per heavy atom. The molecule has 0 N–H and O–H groups in total. The molecule has 3 aromatic rings. The second kappa shape index (κ2) is 7.33. The number of nitrogens with zero attached hydrogens (tertiary/aromatic N) is 3. The molecule has 3 heterocycles. The molecule has 6 nitrogen and oxygen atoms in total. The third-order valence-electron chi connectivity index (χ3n) is 4.53. The molecular weight excluding hydrogens is 354 g/mol. The molecule has 0 saturated carbocycles. The van der Waals surface area contributed by atoms with Crippen molar-refractivity contribution < 1.29 is 13.6 Å². The van der Waals surface area contributed by atoms with Crippen molar-refractivity contribution in [1.29, 1.82) is 0 Å². The van der Waals surface area contributed by atoms with Crippen LogP contribution in [0.25, 0.3) is 0 Å². The maximum atomic E-state index is 12.7. The highest BCUT2D eigenvalue weighted by Gasteiger charge is 2.33. The van der Waals surface area contributed by atoms with Gasteiger partial charge in [0.05, 0.1) is 12.4 Å². The largest absolute Gasteiger partial charge is 0.443 e. The zero-order chi connectivity index (χ0) is 17.9. The third kappa shape index (κ3) is 3.51. The van der Waals surface area contributed by atoms with Gasteiger partial charge in [-0.3, -0.25) is 4.79 Å². The average molecular weight is 372 g/mol. The van der Waals surface area contributed by atoms with E-state index in [0.29, 0.717) is 23.9 Å². The van der Waals surface area contributed by atoms with Crippen molar-refractivity contribution in [2.24, 2.45) is 0 Å². The number of halogens is 1. The third-order valence-corrected chi connectivity index (χ3v) is 4.77. The van der Waals surface area contributed by atoms with Gasteiger partial charge in [0.2, 0.25) is 11.7 Å². The lowest BCUT2D eigenvalue weighted by Gasteiger charge is -2.33. The van der Waals surface area contributed by atoms with E-state index in [4.69, 9.17) is 20.4 Å². The summed E-state index contributed by atoms with van der Waals surface area (Å²) in [5.41, 5.74) is 1.05. The molecule has 1 amide bonds. The fourth-order valence-electron chi connectivity index (χ4n) is 3.30. The Hall–Kier alpha value is -2.60. The Morgan fingerprint density at radius 1 is 1.31 bits per heavy atom. The van der Waals surface area contributed by atoms with Gasteiger partial charge in [0.1, 0.15) is 11.8 Å². The second-order valence-corrected chi connectivity index (χ2v) is 6.78. The molecule has 0 spiro atoms. The second-order valence-electron chi connectivity index (χ2n) is 6.35. The first kappa shape index (κ1) is 16.8. The van der Waals surface area contributed by atoms with Crippen LogP contribution in [0.2, 0.25) is 5.02 Å². The summed E-state index contributed by atoms with van der Waals surface area (Å²) in [6.07, 6.45) is 7.83. The Kier molecular flexibility index (Phi) is 4.75. The molecule has 1 aromatic carbocycles. The predicted molar refractivity (Wildman–Crippen MR) is 94.9 cm³/mol. The average Bonchev–Trinajstić information content (AvgIpc) is 3.33. The number of amides is 1. The van der Waals surface area contributed by atoms with Crippen molar-refractivity contribution in [3.05, 3.63) is 71.1 Å². The summed E-state index contributed by atoms with van der Waals surface area (Å²) in [4.78, 5) is 22.7. The number of likely N-dealkylation sites (tertiary alicyclic amines) is 1. The van der Waals surface area contributed by atoms with Crippen LogP contribution in [0.4, 0.5) is 0 Å². The number of carbonyl (C=O) groups excluding carboxylic acids is 1. The van der Waals surface area contributed by atoms with E-state index >= 15 is 0 Å². The Balaban J connectivity index is 1.54. The summed E-state index contributed by atoms with van der Waals surface area (Å²) in [6.45, 7) is 0.649. The molecule has 26 heavy (non-hydrogen) atoms. The van der Waals surface area contributed by atoms with Gasteiger partial charge in [0.15, 0.2) is 6.39 Å². The molecule has 0 radical (unpaired) electrons. The number of hydrogen-bond acceptors (Lipinski definition) is 5. The normalized spacial score (nSPS) is 17.4. The summed E-state index contributed by atoms with van der Waals surface area (Å²) in [5.74, 6) is 1.37. The van der Waals surface area contributed by atoms with Crippen LogP contribution in [-0.4, -0.2) is 27.3 Å². The minimum Gasteiger partial charge on any atom is -0.443 e. The van der Waals surface area contributed by atoms with Gasteiger partial charge in [0, 0.05) is 18.0 Å². The summed E-state index contributed by atoms with van der Waals surface area (Å²) in [7, 11) is 0. The van der Waals surface area contributed by atoms with Crippen molar-refractivity contribution in [3.8, 4) is 0 Å². The van der Waals surface area contributed by atoms with Crippen molar-refractivity contribution in [2.75, 3.05) is 6.54 Å². The van der Waals surface area contributed by atoms with Gasteiger partial charge in [-0.2, -0.15) is 0 Å². The quantitative estimate of drug-likeness (QED) is 0.684. The maximum absolute atomic E-state index is 12.7. The number of oxazole rings is 2. The first-order valence-electron chi connectivity index (χ1n) is 8.59. The van der Waals surface area contributed by atoms with Crippen LogP contribution in [0.15, 0.2) is 51.9 Å². The highest BCUT2D eigenvalue weighted by Crippen LogP contribution is 2.32. The van der Waals surface area contributed by atoms with Crippen LogP contribution in [0.5, 0.6) is 0 Å². The number of carbonyl (C=O) groups is 1. The molecule has 1 aliphatic heterocycles. The smallest absolute Gasteiger partial charge is 0.291 e. The highest BCUT2D eigenvalue weighted by molar-refractivity contribution is 6.30. The monoisotopic (exact) mass is 371 g/mol. The topological polar surface area (TPSA) is 72.4 Å². The maximum Gasteiger partial charge on any atom is 0.291 e. The number of piperidine rings is 1. The first-order valence-corrected chi connectivity index (χ1v) is 8.97. The van der Waals surface area contributed by atoms with Gasteiger partial charge in [0.25, 0.3) is 5.91 Å². The van der Waals surface area contributed by atoms with E-state index in [0.717, 1.165) is 30.6 Å². The standard InChI is InChI=1S/C19H18ClN3O3/c20-14-5-3-4-13(8-14)9-15-10-22-18(26-15)16-6-1-2-7-23(16)19(24)17-11-21-12-25-17/h3-5,8,10-12,16H,1-2,6-7,9H2/t16-/m1/s1. The van der Waals surface area contributed by atoms with Crippen LogP contribution in [0.3, 0.4) is 0 Å². The lowest BCUT2D eigenvalue weighted by atomic mass is 10.0. The van der Waals surface area contributed by atoms with E-state index in [-0.39, 0.29) is 17.7 Å². The Bertz CT molecular complexity index is 891. The molecule has 7 heteroatoms. The van der Waals surface area contributed by atoms with Gasteiger partial charge in [-0.1, -0.05) is 23.7 Å². The fraction of sp³-hybridized carbons (Fsp3) is 0.316. The van der Waals surface area contributed by atoms with Gasteiger partial charge in [-0.15, -0.1) is 0 Å². The van der Waals surface area contributed by atoms with Crippen LogP contribution < -0.4 is 0 Å². The number of aromatic nitrogens is 2. The van der Waals surface area contributed by atoms with Crippen molar-refractivity contribution >= 4 is 17.5 Å². The summed E-state index contributed by atoms with van der Waals surface area (Å²) < 4.78 is 11.1. The molecule has 2 aromatic heterocycles. The molecule has 0 unspecified atom stereocenters. The lowest BCUT2D eigenvalue weighted by molar-refractivity contribution is 0.0538. The van der Waals surface area contributed by atoms with Crippen LogP contribution in [-0.2, 0) is 6.42 Å². The van der Waals surface area contributed by atoms with E-state index in [1.54, 1.807) is 11.1 Å². The van der Waals surface area contributed by atoms with E-state index in [2.05, 4.69) is 9.97 Å². The Morgan fingerprint density at radius 2 is 2.23 bits per heavy atom. The van der Waals surface area contributed by atoms with Crippen molar-refractivity contribution in [3.63, 3.8) is 0 Å². The van der Waals surface area contributed by atoms with Crippen molar-refractivity contribution in [2.45, 2.75) is 31.7 Å². The number of hydrogen-bond donors (Lipinski definition) is 0. The molecule has 0 aliphatic carbocycles. The van der Waals surface area contributed by atoms with E-state index in [1.807, 2.05) is 24.3 Å². The van der Waals surface area contributed by atoms with Gasteiger partial charge >= 0.3 is 0 Å². The minimum absolute atomic E-state index is 0.179. The van der Waals surface area contributed by atoms with E-state index < -0.39 is 0 Å². The zero-order valence-corrected chi connectivity index (χ0v) is 14.9. The molecule has 1 atom stereocenters. The summed E-state index contributed by atoms with van der Waals surface area (Å²) in [5, 5.41) is 0.693. The van der Waals surface area contributed by atoms with Crippen molar-refractivity contribution in [1.82, 2.24) is 14.9 Å². The number of benzene rings is 1. The molecule has 0 bridgehead atoms. The minimum atomic E-state index is -0.186.